The van der Waals surface area contributed by atoms with Gasteiger partial charge in [0.05, 0.1) is 22.8 Å². The molecule has 0 saturated carbocycles. The molecule has 34 heavy (non-hydrogen) atoms. The molecule has 1 saturated heterocycles. The summed E-state index contributed by atoms with van der Waals surface area (Å²) in [5, 5.41) is 5.91. The number of piperidine rings is 1. The van der Waals surface area contributed by atoms with E-state index >= 15 is 0 Å². The van der Waals surface area contributed by atoms with Crippen LogP contribution in [-0.4, -0.2) is 35.7 Å². The fourth-order valence-electron chi connectivity index (χ4n) is 3.29. The van der Waals surface area contributed by atoms with Crippen LogP contribution < -0.4 is 26.7 Å². The van der Waals surface area contributed by atoms with Crippen molar-refractivity contribution in [3.05, 3.63) is 74.5 Å². The third kappa shape index (κ3) is 6.25. The van der Waals surface area contributed by atoms with E-state index < -0.39 is 22.8 Å². The molecule has 0 radical (unpaired) electrons. The zero-order valence-corrected chi connectivity index (χ0v) is 19.9. The van der Waals surface area contributed by atoms with Gasteiger partial charge in [-0.15, -0.1) is 0 Å². The van der Waals surface area contributed by atoms with Gasteiger partial charge in [0.1, 0.15) is 29.3 Å². The monoisotopic (exact) mass is 507 g/mol. The van der Waals surface area contributed by atoms with E-state index in [0.29, 0.717) is 5.75 Å². The number of carbonyl (C=O) groups excluding carboxylic acids is 1. The Morgan fingerprint density at radius 3 is 2.38 bits per heavy atom. The minimum atomic E-state index is -0.851. The fourth-order valence-corrected chi connectivity index (χ4v) is 3.94. The van der Waals surface area contributed by atoms with Crippen LogP contribution in [0.25, 0.3) is 5.69 Å². The van der Waals surface area contributed by atoms with Gasteiger partial charge in [0.15, 0.2) is 0 Å². The van der Waals surface area contributed by atoms with Gasteiger partial charge in [0.25, 0.3) is 11.5 Å². The lowest BCUT2D eigenvalue weighted by Crippen LogP contribution is -2.31. The molecule has 1 amide bonds. The number of amides is 1. The Morgan fingerprint density at radius 2 is 1.85 bits per heavy atom. The molecule has 0 atom stereocenters. The SMILES string of the molecule is C1CCNCC1.COc1cc(Cl)c(-n2cnc(N)c(C(=O)Nc3cccc(F)c3)c2=O)c(Cl)c1. The van der Waals surface area contributed by atoms with Crippen LogP contribution in [0, 0.1) is 5.82 Å². The number of nitrogens with two attached hydrogens (primary N) is 1. The molecule has 4 N–H and O–H groups in total. The lowest BCUT2D eigenvalue weighted by Gasteiger charge is -2.14. The van der Waals surface area contributed by atoms with Gasteiger partial charge in [-0.05, 0) is 44.1 Å². The van der Waals surface area contributed by atoms with Gasteiger partial charge in [-0.1, -0.05) is 35.7 Å². The van der Waals surface area contributed by atoms with Crippen LogP contribution in [0.1, 0.15) is 29.6 Å². The van der Waals surface area contributed by atoms with Crippen molar-refractivity contribution in [2.75, 3.05) is 31.2 Å². The number of hydrogen-bond donors (Lipinski definition) is 3. The predicted octanol–water partition coefficient (Wildman–Crippen LogP) is 4.28. The van der Waals surface area contributed by atoms with Gasteiger partial charge in [-0.2, -0.15) is 0 Å². The molecule has 1 aromatic heterocycles. The van der Waals surface area contributed by atoms with Crippen molar-refractivity contribution in [1.82, 2.24) is 14.9 Å². The summed E-state index contributed by atoms with van der Waals surface area (Å²) in [5.74, 6) is -1.31. The first kappa shape index (κ1) is 25.5. The molecule has 0 bridgehead atoms. The highest BCUT2D eigenvalue weighted by atomic mass is 35.5. The smallest absolute Gasteiger partial charge is 0.273 e. The standard InChI is InChI=1S/C18H13Cl2FN4O3.C5H11N/c1-28-11-6-12(19)15(13(20)7-11)25-8-23-16(22)14(18(25)27)17(26)24-10-4-2-3-9(21)5-10;1-2-4-6-5-3-1/h2-8H,22H2,1H3,(H,24,26);6H,1-5H2. The lowest BCUT2D eigenvalue weighted by molar-refractivity contribution is 0.102. The normalized spacial score (nSPS) is 12.9. The Kier molecular flexibility index (Phi) is 8.86. The Labute approximate surface area is 205 Å². The Hall–Kier alpha value is -3.14. The largest absolute Gasteiger partial charge is 0.497 e. The number of nitrogens with zero attached hydrogens (tertiary/aromatic N) is 2. The molecule has 2 heterocycles. The van der Waals surface area contributed by atoms with Crippen molar-refractivity contribution in [3.63, 3.8) is 0 Å². The van der Waals surface area contributed by atoms with E-state index in [2.05, 4.69) is 15.6 Å². The molecule has 8 nitrogen and oxygen atoms in total. The second kappa shape index (κ2) is 11.8. The van der Waals surface area contributed by atoms with Crippen LogP contribution in [0.15, 0.2) is 47.5 Å². The first-order valence-electron chi connectivity index (χ1n) is 10.5. The zero-order valence-electron chi connectivity index (χ0n) is 18.4. The third-order valence-corrected chi connectivity index (χ3v) is 5.56. The summed E-state index contributed by atoms with van der Waals surface area (Å²) in [4.78, 5) is 29.4. The minimum absolute atomic E-state index is 0.106. The van der Waals surface area contributed by atoms with Crippen molar-refractivity contribution >= 4 is 40.6 Å². The van der Waals surface area contributed by atoms with Crippen LogP contribution in [0.2, 0.25) is 10.0 Å². The van der Waals surface area contributed by atoms with E-state index in [1.54, 1.807) is 0 Å². The molecule has 1 aliphatic heterocycles. The van der Waals surface area contributed by atoms with Gasteiger partial charge in [-0.25, -0.2) is 9.37 Å². The van der Waals surface area contributed by atoms with Crippen molar-refractivity contribution in [2.24, 2.45) is 0 Å². The number of nitrogens with one attached hydrogen (secondary N) is 2. The van der Waals surface area contributed by atoms with E-state index in [4.69, 9.17) is 33.7 Å². The van der Waals surface area contributed by atoms with Crippen molar-refractivity contribution in [1.29, 1.82) is 0 Å². The highest BCUT2D eigenvalue weighted by Gasteiger charge is 2.21. The molecule has 2 aromatic carbocycles. The van der Waals surface area contributed by atoms with E-state index in [0.717, 1.165) is 17.0 Å². The molecular weight excluding hydrogens is 484 g/mol. The topological polar surface area (TPSA) is 111 Å². The second-order valence-corrected chi connectivity index (χ2v) is 8.21. The minimum Gasteiger partial charge on any atom is -0.497 e. The van der Waals surface area contributed by atoms with Gasteiger partial charge >= 0.3 is 0 Å². The Balaban J connectivity index is 0.000000469. The van der Waals surface area contributed by atoms with Crippen LogP contribution in [0.4, 0.5) is 15.9 Å². The molecule has 11 heteroatoms. The number of nitrogen functional groups attached to an aromatic ring is 1. The van der Waals surface area contributed by atoms with Gasteiger partial charge in [0.2, 0.25) is 0 Å². The summed E-state index contributed by atoms with van der Waals surface area (Å²) in [6.45, 7) is 2.50. The summed E-state index contributed by atoms with van der Waals surface area (Å²) in [5.41, 5.74) is 4.76. The van der Waals surface area contributed by atoms with E-state index in [9.17, 15) is 14.0 Å². The fraction of sp³-hybridized carbons (Fsp3) is 0.261. The van der Waals surface area contributed by atoms with Crippen LogP contribution in [0.5, 0.6) is 5.75 Å². The predicted molar refractivity (Wildman–Crippen MR) is 132 cm³/mol. The number of ether oxygens (including phenoxy) is 1. The summed E-state index contributed by atoms with van der Waals surface area (Å²) in [6.07, 6.45) is 5.32. The van der Waals surface area contributed by atoms with Gasteiger partial charge in [-0.3, -0.25) is 14.2 Å². The molecule has 0 unspecified atom stereocenters. The molecule has 3 aromatic rings. The molecule has 1 aliphatic rings. The zero-order chi connectivity index (χ0) is 24.7. The van der Waals surface area contributed by atoms with E-state index in [1.165, 1.54) is 69.8 Å². The Morgan fingerprint density at radius 1 is 1.18 bits per heavy atom. The van der Waals surface area contributed by atoms with Crippen LogP contribution in [-0.2, 0) is 0 Å². The quantitative estimate of drug-likeness (QED) is 0.485. The third-order valence-electron chi connectivity index (χ3n) is 4.98. The van der Waals surface area contributed by atoms with Crippen molar-refractivity contribution < 1.29 is 13.9 Å². The van der Waals surface area contributed by atoms with Crippen molar-refractivity contribution in [3.8, 4) is 11.4 Å². The van der Waals surface area contributed by atoms with E-state index in [-0.39, 0.29) is 27.2 Å². The average molecular weight is 508 g/mol. The molecule has 4 rings (SSSR count). The number of anilines is 2. The maximum absolute atomic E-state index is 13.3. The number of methoxy groups -OCH3 is 1. The van der Waals surface area contributed by atoms with Crippen molar-refractivity contribution in [2.45, 2.75) is 19.3 Å². The first-order valence-corrected chi connectivity index (χ1v) is 11.3. The highest BCUT2D eigenvalue weighted by Crippen LogP contribution is 2.32. The summed E-state index contributed by atoms with van der Waals surface area (Å²) < 4.78 is 19.4. The number of hydrogen-bond acceptors (Lipinski definition) is 6. The average Bonchev–Trinajstić information content (AvgIpc) is 2.81. The maximum Gasteiger partial charge on any atom is 0.273 e. The van der Waals surface area contributed by atoms with Gasteiger partial charge in [0, 0.05) is 17.8 Å². The molecular formula is C23H24Cl2FN5O3. The van der Waals surface area contributed by atoms with E-state index in [1.807, 2.05) is 0 Å². The lowest BCUT2D eigenvalue weighted by atomic mass is 10.2. The number of aromatic nitrogens is 2. The molecule has 1 fully saturated rings. The summed E-state index contributed by atoms with van der Waals surface area (Å²) in [6, 6.07) is 8.10. The molecule has 0 aliphatic carbocycles. The van der Waals surface area contributed by atoms with Crippen LogP contribution in [0.3, 0.4) is 0 Å². The molecule has 0 spiro atoms. The number of halogens is 3. The number of carbonyl (C=O) groups is 1. The second-order valence-electron chi connectivity index (χ2n) is 7.39. The Bertz CT molecular complexity index is 1200. The number of benzene rings is 2. The molecule has 180 valence electrons. The highest BCUT2D eigenvalue weighted by molar-refractivity contribution is 6.38. The maximum atomic E-state index is 13.3. The first-order chi connectivity index (χ1) is 16.3. The summed E-state index contributed by atoms with van der Waals surface area (Å²) in [7, 11) is 1.44. The van der Waals surface area contributed by atoms with Gasteiger partial charge < -0.3 is 21.1 Å². The van der Waals surface area contributed by atoms with Crippen LogP contribution >= 0.6 is 23.2 Å². The summed E-state index contributed by atoms with van der Waals surface area (Å²) >= 11 is 12.4. The number of rotatable bonds is 4.